The van der Waals surface area contributed by atoms with Gasteiger partial charge in [0.2, 0.25) is 0 Å². The average Bonchev–Trinajstić information content (AvgIpc) is 3.09. The highest BCUT2D eigenvalue weighted by molar-refractivity contribution is 6.04. The lowest BCUT2D eigenvalue weighted by Crippen LogP contribution is -2.18. The molecule has 6 nitrogen and oxygen atoms in total. The third-order valence-electron chi connectivity index (χ3n) is 4.10. The summed E-state index contributed by atoms with van der Waals surface area (Å²) in [6.45, 7) is 3.90. The molecule has 1 fully saturated rings. The van der Waals surface area contributed by atoms with Crippen LogP contribution in [-0.2, 0) is 0 Å². The fourth-order valence-corrected chi connectivity index (χ4v) is 2.95. The minimum Gasteiger partial charge on any atom is -0.489 e. The van der Waals surface area contributed by atoms with E-state index in [1.807, 2.05) is 38.1 Å². The van der Waals surface area contributed by atoms with Gasteiger partial charge >= 0.3 is 0 Å². The lowest BCUT2D eigenvalue weighted by molar-refractivity contribution is 0.102. The number of hydrogen-bond acceptors (Lipinski definition) is 5. The van der Waals surface area contributed by atoms with E-state index in [9.17, 15) is 4.79 Å². The highest BCUT2D eigenvalue weighted by atomic mass is 16.5. The molecule has 25 heavy (non-hydrogen) atoms. The van der Waals surface area contributed by atoms with Crippen molar-refractivity contribution in [3.63, 3.8) is 0 Å². The van der Waals surface area contributed by atoms with Crippen molar-refractivity contribution in [3.05, 3.63) is 42.4 Å². The minimum absolute atomic E-state index is 0.0271. The third kappa shape index (κ3) is 4.68. The van der Waals surface area contributed by atoms with E-state index >= 15 is 0 Å². The summed E-state index contributed by atoms with van der Waals surface area (Å²) in [6.07, 6.45) is 6.21. The summed E-state index contributed by atoms with van der Waals surface area (Å²) in [4.78, 5) is 20.9. The largest absolute Gasteiger partial charge is 0.489 e. The number of rotatable bonds is 6. The summed E-state index contributed by atoms with van der Waals surface area (Å²) in [5.74, 6) is 1.06. The lowest BCUT2D eigenvalue weighted by atomic mass is 10.2. The molecule has 1 heterocycles. The van der Waals surface area contributed by atoms with Gasteiger partial charge in [-0.15, -0.1) is 0 Å². The summed E-state index contributed by atoms with van der Waals surface area (Å²) in [7, 11) is 0. The molecular weight excluding hydrogens is 316 g/mol. The van der Waals surface area contributed by atoms with Crippen molar-refractivity contribution in [2.45, 2.75) is 51.7 Å². The second-order valence-corrected chi connectivity index (χ2v) is 6.53. The average molecular weight is 340 g/mol. The first kappa shape index (κ1) is 17.2. The van der Waals surface area contributed by atoms with Gasteiger partial charge < -0.3 is 15.4 Å². The molecule has 0 radical (unpaired) electrons. The van der Waals surface area contributed by atoms with Gasteiger partial charge in [0.15, 0.2) is 0 Å². The first-order chi connectivity index (χ1) is 12.1. The number of amides is 1. The molecule has 3 rings (SSSR count). The number of para-hydroxylation sites is 2. The van der Waals surface area contributed by atoms with Crippen LogP contribution in [0.4, 0.5) is 11.5 Å². The number of ether oxygens (including phenoxy) is 1. The van der Waals surface area contributed by atoms with Crippen molar-refractivity contribution >= 4 is 17.4 Å². The molecule has 1 saturated carbocycles. The Balaban J connectivity index is 1.71. The van der Waals surface area contributed by atoms with E-state index in [1.54, 1.807) is 6.07 Å². The molecule has 132 valence electrons. The van der Waals surface area contributed by atoms with Crippen LogP contribution in [0, 0.1) is 0 Å². The summed E-state index contributed by atoms with van der Waals surface area (Å²) in [5, 5.41) is 6.25. The van der Waals surface area contributed by atoms with Crippen molar-refractivity contribution in [2.75, 3.05) is 10.6 Å². The van der Waals surface area contributed by atoms with Crippen molar-refractivity contribution < 1.29 is 9.53 Å². The molecule has 0 saturated heterocycles. The SMILES string of the molecule is CC(C)Oc1ccccc1NC(=O)c1cc(NC2CCCC2)ncn1. The van der Waals surface area contributed by atoms with E-state index in [1.165, 1.54) is 19.2 Å². The minimum atomic E-state index is -0.281. The van der Waals surface area contributed by atoms with Gasteiger partial charge in [-0.1, -0.05) is 25.0 Å². The van der Waals surface area contributed by atoms with Crippen LogP contribution in [0.5, 0.6) is 5.75 Å². The van der Waals surface area contributed by atoms with E-state index in [2.05, 4.69) is 20.6 Å². The van der Waals surface area contributed by atoms with Gasteiger partial charge in [0.05, 0.1) is 11.8 Å². The molecule has 0 aliphatic heterocycles. The normalized spacial score (nSPS) is 14.5. The van der Waals surface area contributed by atoms with Gasteiger partial charge in [-0.3, -0.25) is 4.79 Å². The standard InChI is InChI=1S/C19H24N4O2/c1-13(2)25-17-10-6-5-9-15(17)23-19(24)16-11-18(21-12-20-16)22-14-7-3-4-8-14/h5-6,9-14H,3-4,7-8H2,1-2H3,(H,23,24)(H,20,21,22). The van der Waals surface area contributed by atoms with Gasteiger partial charge in [0.25, 0.3) is 5.91 Å². The van der Waals surface area contributed by atoms with Crippen LogP contribution in [0.1, 0.15) is 50.0 Å². The fraction of sp³-hybridized carbons (Fsp3) is 0.421. The second-order valence-electron chi connectivity index (χ2n) is 6.53. The molecule has 0 bridgehead atoms. The molecule has 1 amide bonds. The zero-order chi connectivity index (χ0) is 17.6. The Morgan fingerprint density at radius 2 is 1.96 bits per heavy atom. The molecule has 2 aromatic rings. The van der Waals surface area contributed by atoms with Crippen LogP contribution in [0.2, 0.25) is 0 Å². The van der Waals surface area contributed by atoms with Gasteiger partial charge in [-0.25, -0.2) is 9.97 Å². The maximum atomic E-state index is 12.6. The summed E-state index contributed by atoms with van der Waals surface area (Å²) in [5.41, 5.74) is 0.958. The second kappa shape index (κ2) is 7.96. The van der Waals surface area contributed by atoms with Crippen molar-refractivity contribution in [1.29, 1.82) is 0 Å². The maximum absolute atomic E-state index is 12.6. The molecule has 1 aliphatic carbocycles. The quantitative estimate of drug-likeness (QED) is 0.835. The maximum Gasteiger partial charge on any atom is 0.274 e. The van der Waals surface area contributed by atoms with Crippen molar-refractivity contribution in [3.8, 4) is 5.75 Å². The van der Waals surface area contributed by atoms with E-state index in [0.29, 0.717) is 29.0 Å². The van der Waals surface area contributed by atoms with Crippen LogP contribution in [-0.4, -0.2) is 28.0 Å². The zero-order valence-electron chi connectivity index (χ0n) is 14.7. The molecule has 6 heteroatoms. The Morgan fingerprint density at radius 3 is 2.72 bits per heavy atom. The number of hydrogen-bond donors (Lipinski definition) is 2. The van der Waals surface area contributed by atoms with Crippen LogP contribution in [0.15, 0.2) is 36.7 Å². The predicted octanol–water partition coefficient (Wildman–Crippen LogP) is 3.87. The van der Waals surface area contributed by atoms with Gasteiger partial charge in [0.1, 0.15) is 23.6 Å². The number of carbonyl (C=O) groups excluding carboxylic acids is 1. The number of nitrogens with zero attached hydrogens (tertiary/aromatic N) is 2. The Kier molecular flexibility index (Phi) is 5.48. The number of carbonyl (C=O) groups is 1. The van der Waals surface area contributed by atoms with E-state index in [-0.39, 0.29) is 12.0 Å². The molecule has 0 unspecified atom stereocenters. The van der Waals surface area contributed by atoms with Crippen LogP contribution in [0.3, 0.4) is 0 Å². The number of benzene rings is 1. The first-order valence-electron chi connectivity index (χ1n) is 8.77. The van der Waals surface area contributed by atoms with Gasteiger partial charge in [-0.2, -0.15) is 0 Å². The Hall–Kier alpha value is -2.63. The summed E-state index contributed by atoms with van der Waals surface area (Å²) >= 11 is 0. The molecule has 0 spiro atoms. The molecule has 0 atom stereocenters. The molecular formula is C19H24N4O2. The Morgan fingerprint density at radius 1 is 1.20 bits per heavy atom. The Labute approximate surface area is 148 Å². The van der Waals surface area contributed by atoms with Gasteiger partial charge in [-0.05, 0) is 38.8 Å². The number of anilines is 2. The molecule has 1 aliphatic rings. The van der Waals surface area contributed by atoms with Crippen molar-refractivity contribution in [2.24, 2.45) is 0 Å². The van der Waals surface area contributed by atoms with Crippen molar-refractivity contribution in [1.82, 2.24) is 9.97 Å². The summed E-state index contributed by atoms with van der Waals surface area (Å²) in [6, 6.07) is 9.51. The predicted molar refractivity (Wildman–Crippen MR) is 98.1 cm³/mol. The fourth-order valence-electron chi connectivity index (χ4n) is 2.95. The smallest absolute Gasteiger partial charge is 0.274 e. The zero-order valence-corrected chi connectivity index (χ0v) is 14.7. The third-order valence-corrected chi connectivity index (χ3v) is 4.10. The first-order valence-corrected chi connectivity index (χ1v) is 8.77. The van der Waals surface area contributed by atoms with E-state index in [0.717, 1.165) is 12.8 Å². The molecule has 1 aromatic heterocycles. The Bertz CT molecular complexity index is 727. The highest BCUT2D eigenvalue weighted by Gasteiger charge is 2.17. The summed E-state index contributed by atoms with van der Waals surface area (Å²) < 4.78 is 5.73. The van der Waals surface area contributed by atoms with E-state index in [4.69, 9.17) is 4.74 Å². The molecule has 1 aromatic carbocycles. The van der Waals surface area contributed by atoms with Gasteiger partial charge in [0, 0.05) is 12.1 Å². The van der Waals surface area contributed by atoms with Crippen LogP contribution >= 0.6 is 0 Å². The lowest BCUT2D eigenvalue weighted by Gasteiger charge is -2.15. The monoisotopic (exact) mass is 340 g/mol. The topological polar surface area (TPSA) is 76.1 Å². The van der Waals surface area contributed by atoms with E-state index < -0.39 is 0 Å². The molecule has 2 N–H and O–H groups in total. The van der Waals surface area contributed by atoms with Crippen LogP contribution in [0.25, 0.3) is 0 Å². The number of aromatic nitrogens is 2. The number of nitrogens with one attached hydrogen (secondary N) is 2. The highest BCUT2D eigenvalue weighted by Crippen LogP contribution is 2.25. The van der Waals surface area contributed by atoms with Crippen LogP contribution < -0.4 is 15.4 Å².